The molecule has 4 nitrogen and oxygen atoms in total. The molecule has 0 saturated carbocycles. The maximum Gasteiger partial charge on any atom is 0.414 e. The Balaban J connectivity index is 2.20. The average Bonchev–Trinajstić information content (AvgIpc) is 2.65. The van der Waals surface area contributed by atoms with Crippen molar-refractivity contribution in [1.82, 2.24) is 0 Å². The van der Waals surface area contributed by atoms with Gasteiger partial charge in [-0.15, -0.1) is 0 Å². The van der Waals surface area contributed by atoms with E-state index >= 15 is 0 Å². The molecule has 0 spiro atoms. The molecule has 1 aliphatic rings. The molecule has 2 rings (SSSR count). The average molecular weight is 206 g/mol. The van der Waals surface area contributed by atoms with Crippen molar-refractivity contribution in [3.63, 3.8) is 0 Å². The lowest BCUT2D eigenvalue weighted by molar-refractivity contribution is 0.181. The molecule has 1 heterocycles. The van der Waals surface area contributed by atoms with E-state index in [-0.39, 0.29) is 6.09 Å². The van der Waals surface area contributed by atoms with Crippen LogP contribution in [0.4, 0.5) is 10.5 Å². The van der Waals surface area contributed by atoms with Gasteiger partial charge in [0, 0.05) is 5.69 Å². The number of rotatable bonds is 3. The summed E-state index contributed by atoms with van der Waals surface area (Å²) < 4.78 is 4.88. The van der Waals surface area contributed by atoms with Crippen molar-refractivity contribution in [2.75, 3.05) is 24.6 Å². The number of nitrogens with two attached hydrogens (primary N) is 1. The van der Waals surface area contributed by atoms with Crippen LogP contribution >= 0.6 is 0 Å². The van der Waals surface area contributed by atoms with Gasteiger partial charge in [-0.2, -0.15) is 0 Å². The summed E-state index contributed by atoms with van der Waals surface area (Å²) in [6.07, 6.45) is 0.566. The van der Waals surface area contributed by atoms with Crippen LogP contribution in [0.25, 0.3) is 0 Å². The second-order valence-electron chi connectivity index (χ2n) is 3.47. The molecule has 1 saturated heterocycles. The first-order chi connectivity index (χ1) is 7.31. The third-order valence-electron chi connectivity index (χ3n) is 2.42. The van der Waals surface area contributed by atoms with Gasteiger partial charge in [0.1, 0.15) is 6.61 Å². The van der Waals surface area contributed by atoms with Crippen molar-refractivity contribution < 1.29 is 9.53 Å². The van der Waals surface area contributed by atoms with Gasteiger partial charge in [-0.3, -0.25) is 4.90 Å². The van der Waals surface area contributed by atoms with E-state index in [0.717, 1.165) is 17.7 Å². The Labute approximate surface area is 88.6 Å². The molecule has 1 amide bonds. The minimum absolute atomic E-state index is 0.264. The van der Waals surface area contributed by atoms with Crippen LogP contribution in [0.2, 0.25) is 0 Å². The van der Waals surface area contributed by atoms with Gasteiger partial charge in [-0.1, -0.05) is 12.1 Å². The standard InChI is InChI=1S/C11H14N2O2/c12-5-4-9-2-1-3-10(8-9)13-6-7-15-11(13)14/h1-3,8H,4-7,12H2. The lowest BCUT2D eigenvalue weighted by atomic mass is 10.1. The highest BCUT2D eigenvalue weighted by Crippen LogP contribution is 2.19. The Bertz CT molecular complexity index is 365. The molecule has 1 aromatic rings. The number of benzene rings is 1. The van der Waals surface area contributed by atoms with Crippen LogP contribution < -0.4 is 10.6 Å². The van der Waals surface area contributed by atoms with Gasteiger partial charge in [-0.25, -0.2) is 4.79 Å². The molecule has 80 valence electrons. The Morgan fingerprint density at radius 2 is 2.33 bits per heavy atom. The second-order valence-corrected chi connectivity index (χ2v) is 3.47. The summed E-state index contributed by atoms with van der Waals surface area (Å²) in [6, 6.07) is 7.84. The first kappa shape index (κ1) is 9.98. The Morgan fingerprint density at radius 1 is 1.47 bits per heavy atom. The molecule has 15 heavy (non-hydrogen) atoms. The molecule has 0 unspecified atom stereocenters. The number of hydrogen-bond donors (Lipinski definition) is 1. The minimum Gasteiger partial charge on any atom is -0.447 e. The zero-order chi connectivity index (χ0) is 10.7. The molecule has 1 fully saturated rings. The van der Waals surface area contributed by atoms with E-state index in [0.29, 0.717) is 19.7 Å². The Kier molecular flexibility index (Phi) is 2.87. The van der Waals surface area contributed by atoms with Crippen molar-refractivity contribution in [2.24, 2.45) is 5.73 Å². The van der Waals surface area contributed by atoms with Gasteiger partial charge >= 0.3 is 6.09 Å². The lowest BCUT2D eigenvalue weighted by Gasteiger charge is -2.13. The Morgan fingerprint density at radius 3 is 3.00 bits per heavy atom. The fourth-order valence-electron chi connectivity index (χ4n) is 1.67. The molecule has 1 aromatic carbocycles. The number of carbonyl (C=O) groups is 1. The molecular formula is C11H14N2O2. The van der Waals surface area contributed by atoms with Crippen LogP contribution in [0.15, 0.2) is 24.3 Å². The molecule has 0 aromatic heterocycles. The summed E-state index contributed by atoms with van der Waals surface area (Å²) in [7, 11) is 0. The molecular weight excluding hydrogens is 192 g/mol. The highest BCUT2D eigenvalue weighted by Gasteiger charge is 2.23. The third kappa shape index (κ3) is 2.10. The number of cyclic esters (lactones) is 1. The van der Waals surface area contributed by atoms with Gasteiger partial charge < -0.3 is 10.5 Å². The molecule has 2 N–H and O–H groups in total. The molecule has 4 heteroatoms. The summed E-state index contributed by atoms with van der Waals surface area (Å²) in [5.74, 6) is 0. The fraction of sp³-hybridized carbons (Fsp3) is 0.364. The van der Waals surface area contributed by atoms with Crippen molar-refractivity contribution in [2.45, 2.75) is 6.42 Å². The number of ether oxygens (including phenoxy) is 1. The van der Waals surface area contributed by atoms with Crippen LogP contribution in [-0.2, 0) is 11.2 Å². The predicted octanol–water partition coefficient (Wildman–Crippen LogP) is 1.14. The maximum absolute atomic E-state index is 11.3. The van der Waals surface area contributed by atoms with Gasteiger partial charge in [0.15, 0.2) is 0 Å². The largest absolute Gasteiger partial charge is 0.447 e. The smallest absolute Gasteiger partial charge is 0.414 e. The van der Waals surface area contributed by atoms with Crippen molar-refractivity contribution >= 4 is 11.8 Å². The van der Waals surface area contributed by atoms with Gasteiger partial charge in [-0.05, 0) is 30.7 Å². The first-order valence-corrected chi connectivity index (χ1v) is 5.04. The number of nitrogens with zero attached hydrogens (tertiary/aromatic N) is 1. The van der Waals surface area contributed by atoms with Gasteiger partial charge in [0.05, 0.1) is 6.54 Å². The molecule has 0 atom stereocenters. The lowest BCUT2D eigenvalue weighted by Crippen LogP contribution is -2.23. The third-order valence-corrected chi connectivity index (χ3v) is 2.42. The first-order valence-electron chi connectivity index (χ1n) is 5.04. The van der Waals surface area contributed by atoms with E-state index in [2.05, 4.69) is 0 Å². The zero-order valence-corrected chi connectivity index (χ0v) is 8.48. The monoisotopic (exact) mass is 206 g/mol. The maximum atomic E-state index is 11.3. The van der Waals surface area contributed by atoms with Crippen molar-refractivity contribution in [3.05, 3.63) is 29.8 Å². The van der Waals surface area contributed by atoms with E-state index in [1.54, 1.807) is 4.90 Å². The summed E-state index contributed by atoms with van der Waals surface area (Å²) >= 11 is 0. The van der Waals surface area contributed by atoms with Crippen LogP contribution in [0.5, 0.6) is 0 Å². The summed E-state index contributed by atoms with van der Waals surface area (Å²) in [4.78, 5) is 13.0. The fourth-order valence-corrected chi connectivity index (χ4v) is 1.67. The topological polar surface area (TPSA) is 55.6 Å². The van der Waals surface area contributed by atoms with Gasteiger partial charge in [0.2, 0.25) is 0 Å². The SMILES string of the molecule is NCCc1cccc(N2CCOC2=O)c1. The predicted molar refractivity (Wildman–Crippen MR) is 57.9 cm³/mol. The number of carbonyl (C=O) groups excluding carboxylic acids is 1. The summed E-state index contributed by atoms with van der Waals surface area (Å²) in [6.45, 7) is 1.72. The van der Waals surface area contributed by atoms with Crippen LogP contribution in [0.3, 0.4) is 0 Å². The number of hydrogen-bond acceptors (Lipinski definition) is 3. The Hall–Kier alpha value is -1.55. The van der Waals surface area contributed by atoms with Gasteiger partial charge in [0.25, 0.3) is 0 Å². The molecule has 1 aliphatic heterocycles. The highest BCUT2D eigenvalue weighted by atomic mass is 16.6. The van der Waals surface area contributed by atoms with Crippen LogP contribution in [-0.4, -0.2) is 25.8 Å². The molecule has 0 bridgehead atoms. The number of anilines is 1. The second kappa shape index (κ2) is 4.31. The zero-order valence-electron chi connectivity index (χ0n) is 8.48. The van der Waals surface area contributed by atoms with Crippen molar-refractivity contribution in [3.8, 4) is 0 Å². The highest BCUT2D eigenvalue weighted by molar-refractivity contribution is 5.89. The van der Waals surface area contributed by atoms with E-state index < -0.39 is 0 Å². The number of amides is 1. The van der Waals surface area contributed by atoms with E-state index in [1.165, 1.54) is 0 Å². The van der Waals surface area contributed by atoms with Crippen molar-refractivity contribution in [1.29, 1.82) is 0 Å². The molecule has 0 aliphatic carbocycles. The molecule has 0 radical (unpaired) electrons. The summed E-state index contributed by atoms with van der Waals surface area (Å²) in [5.41, 5.74) is 7.53. The van der Waals surface area contributed by atoms with E-state index in [1.807, 2.05) is 24.3 Å². The summed E-state index contributed by atoms with van der Waals surface area (Å²) in [5, 5.41) is 0. The van der Waals surface area contributed by atoms with E-state index in [4.69, 9.17) is 10.5 Å². The minimum atomic E-state index is -0.264. The quantitative estimate of drug-likeness (QED) is 0.807. The van der Waals surface area contributed by atoms with E-state index in [9.17, 15) is 4.79 Å². The van der Waals surface area contributed by atoms with Crippen LogP contribution in [0.1, 0.15) is 5.56 Å². The van der Waals surface area contributed by atoms with Crippen LogP contribution in [0, 0.1) is 0 Å². The normalized spacial score (nSPS) is 15.5.